The van der Waals surface area contributed by atoms with Crippen LogP contribution in [0.25, 0.3) is 11.3 Å². The molecular formula is C19H16ClNO3. The number of nitrogens with one attached hydrogen (secondary N) is 1. The molecule has 0 saturated carbocycles. The third kappa shape index (κ3) is 3.29. The summed E-state index contributed by atoms with van der Waals surface area (Å²) < 4.78 is 5.60. The molecule has 0 aliphatic carbocycles. The molecule has 0 spiro atoms. The first-order valence-corrected chi connectivity index (χ1v) is 7.79. The van der Waals surface area contributed by atoms with Crippen LogP contribution in [0, 0.1) is 13.8 Å². The van der Waals surface area contributed by atoms with Gasteiger partial charge in [0.1, 0.15) is 11.5 Å². The van der Waals surface area contributed by atoms with E-state index < -0.39 is 5.91 Å². The number of aromatic hydroxyl groups is 1. The molecule has 5 heteroatoms. The van der Waals surface area contributed by atoms with E-state index in [1.807, 2.05) is 26.0 Å². The van der Waals surface area contributed by atoms with E-state index >= 15 is 0 Å². The van der Waals surface area contributed by atoms with E-state index in [1.165, 1.54) is 0 Å². The number of benzene rings is 2. The number of phenols is 1. The highest BCUT2D eigenvalue weighted by Gasteiger charge is 2.15. The molecule has 122 valence electrons. The minimum atomic E-state index is -0.422. The Balaban J connectivity index is 1.81. The Morgan fingerprint density at radius 3 is 2.42 bits per heavy atom. The van der Waals surface area contributed by atoms with Crippen LogP contribution < -0.4 is 5.32 Å². The van der Waals surface area contributed by atoms with Crippen molar-refractivity contribution < 1.29 is 14.3 Å². The number of hydrogen-bond donors (Lipinski definition) is 2. The standard InChI is InChI=1S/C19H16ClNO3/c1-11-9-15(16(22)10-12(11)2)21-19(23)18-8-7-17(24-18)13-3-5-14(20)6-4-13/h3-10,22H,1-2H3,(H,21,23). The van der Waals surface area contributed by atoms with E-state index in [-0.39, 0.29) is 11.5 Å². The molecule has 3 aromatic rings. The number of amides is 1. The smallest absolute Gasteiger partial charge is 0.291 e. The molecule has 0 aliphatic rings. The van der Waals surface area contributed by atoms with Crippen LogP contribution in [0.1, 0.15) is 21.7 Å². The average Bonchev–Trinajstić information content (AvgIpc) is 3.03. The Kier molecular flexibility index (Phi) is 4.32. The molecule has 24 heavy (non-hydrogen) atoms. The molecule has 1 heterocycles. The largest absolute Gasteiger partial charge is 0.506 e. The minimum Gasteiger partial charge on any atom is -0.506 e. The number of carbonyl (C=O) groups is 1. The van der Waals surface area contributed by atoms with Crippen molar-refractivity contribution in [1.29, 1.82) is 0 Å². The lowest BCUT2D eigenvalue weighted by molar-refractivity contribution is 0.0997. The topological polar surface area (TPSA) is 62.5 Å². The van der Waals surface area contributed by atoms with E-state index in [2.05, 4.69) is 5.32 Å². The first kappa shape index (κ1) is 16.1. The summed E-state index contributed by atoms with van der Waals surface area (Å²) in [5, 5.41) is 13.3. The van der Waals surface area contributed by atoms with Gasteiger partial charge in [0.05, 0.1) is 5.69 Å². The van der Waals surface area contributed by atoms with Crippen LogP contribution >= 0.6 is 11.6 Å². The normalized spacial score (nSPS) is 10.6. The summed E-state index contributed by atoms with van der Waals surface area (Å²) in [6.07, 6.45) is 0. The zero-order valence-corrected chi connectivity index (χ0v) is 14.0. The predicted octanol–water partition coefficient (Wildman–Crippen LogP) is 5.17. The van der Waals surface area contributed by atoms with Gasteiger partial charge in [0, 0.05) is 10.6 Å². The maximum absolute atomic E-state index is 12.3. The zero-order chi connectivity index (χ0) is 17.3. The Morgan fingerprint density at radius 1 is 1.04 bits per heavy atom. The van der Waals surface area contributed by atoms with Gasteiger partial charge in [-0.05, 0) is 73.5 Å². The number of hydrogen-bond acceptors (Lipinski definition) is 3. The number of phenolic OH excluding ortho intramolecular Hbond substituents is 1. The van der Waals surface area contributed by atoms with E-state index in [1.54, 1.807) is 36.4 Å². The first-order chi connectivity index (χ1) is 11.4. The van der Waals surface area contributed by atoms with Crippen molar-refractivity contribution in [3.8, 4) is 17.1 Å². The molecule has 4 nitrogen and oxygen atoms in total. The Labute approximate surface area is 144 Å². The van der Waals surface area contributed by atoms with Crippen LogP contribution in [0.15, 0.2) is 52.9 Å². The molecule has 0 atom stereocenters. The lowest BCUT2D eigenvalue weighted by Gasteiger charge is -2.09. The quantitative estimate of drug-likeness (QED) is 0.645. The summed E-state index contributed by atoms with van der Waals surface area (Å²) in [5.41, 5.74) is 3.11. The van der Waals surface area contributed by atoms with Crippen LogP contribution in [-0.2, 0) is 0 Å². The third-order valence-electron chi connectivity index (χ3n) is 3.82. The zero-order valence-electron chi connectivity index (χ0n) is 13.3. The van der Waals surface area contributed by atoms with Gasteiger partial charge in [0.2, 0.25) is 0 Å². The molecule has 3 rings (SSSR count). The van der Waals surface area contributed by atoms with Crippen molar-refractivity contribution in [2.45, 2.75) is 13.8 Å². The fourth-order valence-electron chi connectivity index (χ4n) is 2.31. The van der Waals surface area contributed by atoms with Gasteiger partial charge < -0.3 is 14.8 Å². The molecule has 0 fully saturated rings. The van der Waals surface area contributed by atoms with E-state index in [9.17, 15) is 9.90 Å². The van der Waals surface area contributed by atoms with Gasteiger partial charge in [0.15, 0.2) is 5.76 Å². The summed E-state index contributed by atoms with van der Waals surface area (Å²) >= 11 is 5.87. The number of anilines is 1. The van der Waals surface area contributed by atoms with Crippen LogP contribution in [0.5, 0.6) is 5.75 Å². The van der Waals surface area contributed by atoms with E-state index in [0.717, 1.165) is 16.7 Å². The Bertz CT molecular complexity index is 897. The molecule has 0 unspecified atom stereocenters. The van der Waals surface area contributed by atoms with Crippen molar-refractivity contribution in [1.82, 2.24) is 0 Å². The summed E-state index contributed by atoms with van der Waals surface area (Å²) in [6.45, 7) is 3.81. The van der Waals surface area contributed by atoms with Crippen molar-refractivity contribution in [3.05, 3.63) is 70.4 Å². The second kappa shape index (κ2) is 6.42. The van der Waals surface area contributed by atoms with Crippen LogP contribution in [0.2, 0.25) is 5.02 Å². The highest BCUT2D eigenvalue weighted by atomic mass is 35.5. The highest BCUT2D eigenvalue weighted by molar-refractivity contribution is 6.30. The number of halogens is 1. The molecular weight excluding hydrogens is 326 g/mol. The molecule has 0 radical (unpaired) electrons. The number of rotatable bonds is 3. The van der Waals surface area contributed by atoms with E-state index in [4.69, 9.17) is 16.0 Å². The van der Waals surface area contributed by atoms with Crippen molar-refractivity contribution in [2.24, 2.45) is 0 Å². The summed E-state index contributed by atoms with van der Waals surface area (Å²) in [4.78, 5) is 12.3. The lowest BCUT2D eigenvalue weighted by atomic mass is 10.1. The fraction of sp³-hybridized carbons (Fsp3) is 0.105. The molecule has 0 aliphatic heterocycles. The molecule has 0 saturated heterocycles. The first-order valence-electron chi connectivity index (χ1n) is 7.41. The fourth-order valence-corrected chi connectivity index (χ4v) is 2.44. The summed E-state index contributed by atoms with van der Waals surface area (Å²) in [5.74, 6) is 0.336. The SMILES string of the molecule is Cc1cc(O)c(NC(=O)c2ccc(-c3ccc(Cl)cc3)o2)cc1C. The molecule has 2 N–H and O–H groups in total. The van der Waals surface area contributed by atoms with Gasteiger partial charge in [-0.25, -0.2) is 0 Å². The maximum Gasteiger partial charge on any atom is 0.291 e. The van der Waals surface area contributed by atoms with Gasteiger partial charge in [-0.1, -0.05) is 11.6 Å². The Morgan fingerprint density at radius 2 is 1.71 bits per heavy atom. The lowest BCUT2D eigenvalue weighted by Crippen LogP contribution is -2.11. The minimum absolute atomic E-state index is 0.0240. The predicted molar refractivity (Wildman–Crippen MR) is 94.7 cm³/mol. The van der Waals surface area contributed by atoms with Crippen LogP contribution in [-0.4, -0.2) is 11.0 Å². The average molecular weight is 342 g/mol. The van der Waals surface area contributed by atoms with Gasteiger partial charge in [-0.15, -0.1) is 0 Å². The van der Waals surface area contributed by atoms with Crippen molar-refractivity contribution in [3.63, 3.8) is 0 Å². The number of furan rings is 1. The van der Waals surface area contributed by atoms with Gasteiger partial charge in [-0.3, -0.25) is 4.79 Å². The second-order valence-electron chi connectivity index (χ2n) is 5.58. The Hall–Kier alpha value is -2.72. The molecule has 0 bridgehead atoms. The molecule has 1 amide bonds. The molecule has 1 aromatic heterocycles. The van der Waals surface area contributed by atoms with Crippen LogP contribution in [0.3, 0.4) is 0 Å². The molecule has 2 aromatic carbocycles. The number of carbonyl (C=O) groups excluding carboxylic acids is 1. The van der Waals surface area contributed by atoms with E-state index in [0.29, 0.717) is 16.5 Å². The van der Waals surface area contributed by atoms with Gasteiger partial charge in [0.25, 0.3) is 5.91 Å². The van der Waals surface area contributed by atoms with Gasteiger partial charge in [-0.2, -0.15) is 0 Å². The monoisotopic (exact) mass is 341 g/mol. The third-order valence-corrected chi connectivity index (χ3v) is 4.07. The highest BCUT2D eigenvalue weighted by Crippen LogP contribution is 2.28. The summed E-state index contributed by atoms with van der Waals surface area (Å²) in [7, 11) is 0. The maximum atomic E-state index is 12.3. The summed E-state index contributed by atoms with van der Waals surface area (Å²) in [6, 6.07) is 13.8. The van der Waals surface area contributed by atoms with Crippen molar-refractivity contribution >= 4 is 23.2 Å². The second-order valence-corrected chi connectivity index (χ2v) is 6.01. The number of aryl methyl sites for hydroxylation is 2. The van der Waals surface area contributed by atoms with Crippen molar-refractivity contribution in [2.75, 3.05) is 5.32 Å². The van der Waals surface area contributed by atoms with Crippen LogP contribution in [0.4, 0.5) is 5.69 Å². The van der Waals surface area contributed by atoms with Gasteiger partial charge >= 0.3 is 0 Å².